The lowest BCUT2D eigenvalue weighted by Gasteiger charge is -2.16. The fourth-order valence-corrected chi connectivity index (χ4v) is 2.15. The second kappa shape index (κ2) is 8.65. The van der Waals surface area contributed by atoms with Crippen LogP contribution in [0, 0.1) is 11.6 Å². The third-order valence-corrected chi connectivity index (χ3v) is 3.39. The van der Waals surface area contributed by atoms with Crippen molar-refractivity contribution in [1.82, 2.24) is 26.1 Å². The summed E-state index contributed by atoms with van der Waals surface area (Å²) in [6.07, 6.45) is 1.50. The zero-order valence-corrected chi connectivity index (χ0v) is 14.0. The van der Waals surface area contributed by atoms with E-state index in [-0.39, 0.29) is 6.67 Å². The van der Waals surface area contributed by atoms with Gasteiger partial charge in [0.15, 0.2) is 17.5 Å². The molecule has 0 spiro atoms. The molecule has 0 bridgehead atoms. The molecule has 4 N–H and O–H groups in total. The molecule has 1 aliphatic heterocycles. The van der Waals surface area contributed by atoms with Crippen molar-refractivity contribution in [2.75, 3.05) is 25.1 Å². The van der Waals surface area contributed by atoms with Crippen LogP contribution in [0.3, 0.4) is 0 Å². The minimum absolute atomic E-state index is 0.237. The lowest BCUT2D eigenvalue weighted by Crippen LogP contribution is -2.39. The topological polar surface area (TPSA) is 116 Å². The Balaban J connectivity index is 1.46. The monoisotopic (exact) mass is 374 g/mol. The number of halogens is 2. The summed E-state index contributed by atoms with van der Waals surface area (Å²) < 4.78 is 26.4. The van der Waals surface area contributed by atoms with Crippen LogP contribution < -0.4 is 21.3 Å². The van der Waals surface area contributed by atoms with Crippen molar-refractivity contribution in [3.63, 3.8) is 0 Å². The molecule has 1 aromatic heterocycles. The number of amidine groups is 1. The van der Waals surface area contributed by atoms with Crippen LogP contribution in [0.1, 0.15) is 5.56 Å². The molecule has 0 saturated heterocycles. The Morgan fingerprint density at radius 1 is 1.19 bits per heavy atom. The number of amides is 2. The lowest BCUT2D eigenvalue weighted by atomic mass is 10.2. The first-order valence-corrected chi connectivity index (χ1v) is 8.00. The second-order valence-corrected chi connectivity index (χ2v) is 5.32. The highest BCUT2D eigenvalue weighted by Gasteiger charge is 2.12. The van der Waals surface area contributed by atoms with Gasteiger partial charge in [0.1, 0.15) is 12.5 Å². The third-order valence-electron chi connectivity index (χ3n) is 3.39. The number of aliphatic imine (C=N–C) groups is 2. The SMILES string of the molecule is O=C(NCCNC1=NCNC(c2ccc(F)c(F)c2)=N1)Nc1cccnn1. The minimum Gasteiger partial charge on any atom is -0.353 e. The number of nitrogens with one attached hydrogen (secondary N) is 4. The van der Waals surface area contributed by atoms with E-state index in [1.165, 1.54) is 12.3 Å². The van der Waals surface area contributed by atoms with Crippen molar-refractivity contribution in [2.24, 2.45) is 9.98 Å². The van der Waals surface area contributed by atoms with Gasteiger partial charge in [0.05, 0.1) is 0 Å². The van der Waals surface area contributed by atoms with E-state index in [9.17, 15) is 13.6 Å². The summed E-state index contributed by atoms with van der Waals surface area (Å²) in [5.41, 5.74) is 0.407. The van der Waals surface area contributed by atoms with Gasteiger partial charge in [-0.3, -0.25) is 5.32 Å². The second-order valence-electron chi connectivity index (χ2n) is 5.32. The molecule has 0 atom stereocenters. The van der Waals surface area contributed by atoms with E-state index < -0.39 is 17.7 Å². The molecule has 140 valence electrons. The summed E-state index contributed by atoms with van der Waals surface area (Å²) in [7, 11) is 0. The van der Waals surface area contributed by atoms with Crippen LogP contribution >= 0.6 is 0 Å². The zero-order chi connectivity index (χ0) is 19.1. The van der Waals surface area contributed by atoms with Crippen LogP contribution in [0.5, 0.6) is 0 Å². The number of aromatic nitrogens is 2. The van der Waals surface area contributed by atoms with Crippen LogP contribution in [0.25, 0.3) is 0 Å². The molecule has 0 fully saturated rings. The van der Waals surface area contributed by atoms with Gasteiger partial charge in [-0.1, -0.05) is 0 Å². The quantitative estimate of drug-likeness (QED) is 0.579. The molecule has 0 aliphatic carbocycles. The molecule has 0 saturated carbocycles. The molecule has 2 heterocycles. The maximum Gasteiger partial charge on any atom is 0.320 e. The highest BCUT2D eigenvalue weighted by atomic mass is 19.2. The number of benzene rings is 1. The number of carbonyl (C=O) groups excluding carboxylic acids is 1. The van der Waals surface area contributed by atoms with Crippen molar-refractivity contribution < 1.29 is 13.6 Å². The van der Waals surface area contributed by atoms with Gasteiger partial charge < -0.3 is 16.0 Å². The van der Waals surface area contributed by atoms with Gasteiger partial charge in [-0.05, 0) is 30.3 Å². The molecule has 3 rings (SSSR count). The highest BCUT2D eigenvalue weighted by molar-refractivity contribution is 6.06. The highest BCUT2D eigenvalue weighted by Crippen LogP contribution is 2.10. The number of rotatable bonds is 5. The van der Waals surface area contributed by atoms with Crippen LogP contribution in [0.15, 0.2) is 46.5 Å². The van der Waals surface area contributed by atoms with Crippen molar-refractivity contribution in [2.45, 2.75) is 0 Å². The first-order chi connectivity index (χ1) is 13.1. The van der Waals surface area contributed by atoms with Crippen molar-refractivity contribution in [3.8, 4) is 0 Å². The summed E-state index contributed by atoms with van der Waals surface area (Å²) >= 11 is 0. The third kappa shape index (κ3) is 5.17. The fraction of sp³-hybridized carbons (Fsp3) is 0.188. The molecule has 0 unspecified atom stereocenters. The number of carbonyl (C=O) groups is 1. The Morgan fingerprint density at radius 2 is 2.07 bits per heavy atom. The van der Waals surface area contributed by atoms with Crippen LogP contribution in [0.2, 0.25) is 0 Å². The van der Waals surface area contributed by atoms with E-state index >= 15 is 0 Å². The molecular weight excluding hydrogens is 358 g/mol. The summed E-state index contributed by atoms with van der Waals surface area (Å²) in [6.45, 7) is 0.899. The van der Waals surface area contributed by atoms with Crippen molar-refractivity contribution >= 4 is 23.6 Å². The number of urea groups is 1. The number of anilines is 1. The molecule has 2 amide bonds. The molecular formula is C16H16F2N8O. The predicted octanol–water partition coefficient (Wildman–Crippen LogP) is 0.829. The Kier molecular flexibility index (Phi) is 5.82. The van der Waals surface area contributed by atoms with E-state index in [1.807, 2.05) is 0 Å². The standard InChI is InChI=1S/C16H16F2N8O/c17-11-4-3-10(8-12(11)18)14-21-9-22-15(25-14)19-6-7-20-16(27)24-13-2-1-5-23-26-13/h1-5,8H,6-7,9H2,(H2,19,21,22,25)(H2,20,24,26,27). The van der Waals surface area contributed by atoms with Crippen LogP contribution in [-0.2, 0) is 0 Å². The minimum atomic E-state index is -0.952. The van der Waals surface area contributed by atoms with Gasteiger partial charge in [0.25, 0.3) is 0 Å². The molecule has 2 aromatic rings. The first-order valence-electron chi connectivity index (χ1n) is 8.00. The largest absolute Gasteiger partial charge is 0.353 e. The van der Waals surface area contributed by atoms with Gasteiger partial charge in [0, 0.05) is 24.8 Å². The Labute approximate surface area is 153 Å². The average Bonchev–Trinajstić information content (AvgIpc) is 2.68. The van der Waals surface area contributed by atoms with E-state index in [4.69, 9.17) is 0 Å². The van der Waals surface area contributed by atoms with Crippen LogP contribution in [-0.4, -0.2) is 47.8 Å². The molecule has 0 radical (unpaired) electrons. The van der Waals surface area contributed by atoms with E-state index in [1.54, 1.807) is 12.1 Å². The summed E-state index contributed by atoms with van der Waals surface area (Å²) in [5, 5.41) is 18.4. The molecule has 11 heteroatoms. The first kappa shape index (κ1) is 18.2. The summed E-state index contributed by atoms with van der Waals surface area (Å²) in [5.74, 6) is -0.837. The molecule has 9 nitrogen and oxygen atoms in total. The summed E-state index contributed by atoms with van der Waals surface area (Å²) in [4.78, 5) is 20.0. The zero-order valence-electron chi connectivity index (χ0n) is 14.0. The number of hydrogen-bond donors (Lipinski definition) is 4. The maximum absolute atomic E-state index is 13.4. The average molecular weight is 374 g/mol. The lowest BCUT2D eigenvalue weighted by molar-refractivity contribution is 0.252. The smallest absolute Gasteiger partial charge is 0.320 e. The number of nitrogens with zero attached hydrogens (tertiary/aromatic N) is 4. The van der Waals surface area contributed by atoms with E-state index in [2.05, 4.69) is 41.4 Å². The van der Waals surface area contributed by atoms with Gasteiger partial charge in [0.2, 0.25) is 5.96 Å². The van der Waals surface area contributed by atoms with Gasteiger partial charge >= 0.3 is 6.03 Å². The van der Waals surface area contributed by atoms with Crippen LogP contribution in [0.4, 0.5) is 19.4 Å². The Morgan fingerprint density at radius 3 is 2.85 bits per heavy atom. The van der Waals surface area contributed by atoms with Crippen molar-refractivity contribution in [1.29, 1.82) is 0 Å². The van der Waals surface area contributed by atoms with Gasteiger partial charge in [-0.2, -0.15) is 10.1 Å². The van der Waals surface area contributed by atoms with Gasteiger partial charge in [-0.25, -0.2) is 18.6 Å². The normalized spacial score (nSPS) is 13.1. The molecule has 1 aliphatic rings. The number of guanidine groups is 1. The summed E-state index contributed by atoms with van der Waals surface area (Å²) in [6, 6.07) is 6.36. The van der Waals surface area contributed by atoms with Crippen molar-refractivity contribution in [3.05, 3.63) is 53.7 Å². The Bertz CT molecular complexity index is 872. The van der Waals surface area contributed by atoms with E-state index in [0.717, 1.165) is 12.1 Å². The predicted molar refractivity (Wildman–Crippen MR) is 95.4 cm³/mol. The fourth-order valence-electron chi connectivity index (χ4n) is 2.15. The Hall–Kier alpha value is -3.63. The van der Waals surface area contributed by atoms with E-state index in [0.29, 0.717) is 36.3 Å². The molecule has 27 heavy (non-hydrogen) atoms. The maximum atomic E-state index is 13.4. The number of hydrogen-bond acceptors (Lipinski definition) is 7. The molecule has 1 aromatic carbocycles. The van der Waals surface area contributed by atoms with Gasteiger partial charge in [-0.15, -0.1) is 5.10 Å².